The summed E-state index contributed by atoms with van der Waals surface area (Å²) in [6, 6.07) is 3.84. The van der Waals surface area contributed by atoms with Gasteiger partial charge < -0.3 is 14.7 Å². The fourth-order valence-corrected chi connectivity index (χ4v) is 2.06. The Hall–Kier alpha value is -1.55. The van der Waals surface area contributed by atoms with E-state index >= 15 is 0 Å². The zero-order valence-corrected chi connectivity index (χ0v) is 11.1. The molecule has 0 saturated heterocycles. The minimum absolute atomic E-state index is 0.122. The zero-order chi connectivity index (χ0) is 13.0. The summed E-state index contributed by atoms with van der Waals surface area (Å²) in [5.41, 5.74) is 6.17. The van der Waals surface area contributed by atoms with Crippen molar-refractivity contribution in [2.75, 3.05) is 0 Å². The second-order valence-corrected chi connectivity index (χ2v) is 4.51. The number of nitrogens with two attached hydrogens (primary N) is 1. The Labute approximate surface area is 108 Å². The Bertz CT molecular complexity index is 487. The molecule has 0 saturated carbocycles. The maximum atomic E-state index is 6.17. The topological polar surface area (TPSA) is 57.0 Å². The lowest BCUT2D eigenvalue weighted by molar-refractivity contribution is 0.428. The molecule has 0 aromatic carbocycles. The lowest BCUT2D eigenvalue weighted by Gasteiger charge is -2.10. The summed E-state index contributed by atoms with van der Waals surface area (Å²) in [7, 11) is 0. The van der Waals surface area contributed by atoms with Gasteiger partial charge in [-0.1, -0.05) is 13.8 Å². The maximum Gasteiger partial charge on any atom is 0.121 e. The first-order chi connectivity index (χ1) is 8.74. The van der Waals surface area contributed by atoms with Gasteiger partial charge in [-0.05, 0) is 18.6 Å². The van der Waals surface area contributed by atoms with E-state index in [2.05, 4.69) is 23.4 Å². The molecule has 0 radical (unpaired) electrons. The smallest absolute Gasteiger partial charge is 0.121 e. The van der Waals surface area contributed by atoms with Crippen LogP contribution in [0.4, 0.5) is 0 Å². The highest BCUT2D eigenvalue weighted by atomic mass is 16.3. The summed E-state index contributed by atoms with van der Waals surface area (Å²) >= 11 is 0. The van der Waals surface area contributed by atoms with Crippen LogP contribution in [0.3, 0.4) is 0 Å². The van der Waals surface area contributed by atoms with E-state index in [0.717, 1.165) is 36.7 Å². The van der Waals surface area contributed by atoms with Crippen molar-refractivity contribution < 1.29 is 4.42 Å². The molecule has 2 aromatic heterocycles. The summed E-state index contributed by atoms with van der Waals surface area (Å²) in [5.74, 6) is 2.86. The van der Waals surface area contributed by atoms with Crippen molar-refractivity contribution >= 4 is 0 Å². The van der Waals surface area contributed by atoms with Crippen molar-refractivity contribution in [2.24, 2.45) is 5.73 Å². The van der Waals surface area contributed by atoms with Gasteiger partial charge in [0.05, 0.1) is 6.04 Å². The van der Waals surface area contributed by atoms with E-state index in [-0.39, 0.29) is 6.04 Å². The van der Waals surface area contributed by atoms with Gasteiger partial charge in [0.1, 0.15) is 17.3 Å². The number of aryl methyl sites for hydroxylation is 2. The summed E-state index contributed by atoms with van der Waals surface area (Å²) in [4.78, 5) is 4.37. The van der Waals surface area contributed by atoms with Crippen molar-refractivity contribution in [3.8, 4) is 0 Å². The van der Waals surface area contributed by atoms with Crippen LogP contribution in [-0.2, 0) is 19.4 Å². The molecule has 0 amide bonds. The van der Waals surface area contributed by atoms with Gasteiger partial charge in [0.2, 0.25) is 0 Å². The molecule has 4 heteroatoms. The van der Waals surface area contributed by atoms with Crippen LogP contribution < -0.4 is 5.73 Å². The maximum absolute atomic E-state index is 6.17. The molecular formula is C14H21N3O. The van der Waals surface area contributed by atoms with Gasteiger partial charge in [0.15, 0.2) is 0 Å². The van der Waals surface area contributed by atoms with E-state index < -0.39 is 0 Å². The quantitative estimate of drug-likeness (QED) is 0.853. The lowest BCUT2D eigenvalue weighted by Crippen LogP contribution is -2.16. The Morgan fingerprint density at radius 2 is 2.22 bits per heavy atom. The van der Waals surface area contributed by atoms with Crippen molar-refractivity contribution in [3.05, 3.63) is 41.9 Å². The van der Waals surface area contributed by atoms with Crippen LogP contribution in [0.1, 0.15) is 43.7 Å². The highest BCUT2D eigenvalue weighted by Gasteiger charge is 2.14. The number of rotatable bonds is 6. The molecule has 18 heavy (non-hydrogen) atoms. The summed E-state index contributed by atoms with van der Waals surface area (Å²) in [6.07, 6.45) is 6.54. The minimum Gasteiger partial charge on any atom is -0.464 e. The van der Waals surface area contributed by atoms with E-state index in [1.165, 1.54) is 0 Å². The third-order valence-corrected chi connectivity index (χ3v) is 3.07. The summed E-state index contributed by atoms with van der Waals surface area (Å²) in [5, 5.41) is 0. The number of nitrogens with zero attached hydrogens (tertiary/aromatic N) is 2. The predicted molar refractivity (Wildman–Crippen MR) is 71.2 cm³/mol. The Morgan fingerprint density at radius 3 is 2.89 bits per heavy atom. The zero-order valence-electron chi connectivity index (χ0n) is 11.1. The summed E-state index contributed by atoms with van der Waals surface area (Å²) in [6.45, 7) is 5.21. The standard InChI is InChI=1S/C14H21N3O/c1-3-8-17-9-7-16-14(17)10-12(15)13-6-5-11(4-2)18-13/h5-7,9,12H,3-4,8,10,15H2,1-2H3. The largest absolute Gasteiger partial charge is 0.464 e. The highest BCUT2D eigenvalue weighted by Crippen LogP contribution is 2.18. The Kier molecular flexibility index (Phi) is 4.20. The van der Waals surface area contributed by atoms with Crippen molar-refractivity contribution in [1.29, 1.82) is 0 Å². The first-order valence-electron chi connectivity index (χ1n) is 6.58. The Morgan fingerprint density at radius 1 is 1.39 bits per heavy atom. The highest BCUT2D eigenvalue weighted by molar-refractivity contribution is 5.12. The van der Waals surface area contributed by atoms with Crippen LogP contribution in [0.15, 0.2) is 28.9 Å². The normalized spacial score (nSPS) is 12.8. The summed E-state index contributed by atoms with van der Waals surface area (Å²) < 4.78 is 7.84. The third-order valence-electron chi connectivity index (χ3n) is 3.07. The van der Waals surface area contributed by atoms with E-state index in [4.69, 9.17) is 10.2 Å². The molecule has 2 aromatic rings. The van der Waals surface area contributed by atoms with Crippen LogP contribution in [0.2, 0.25) is 0 Å². The number of hydrogen-bond donors (Lipinski definition) is 1. The molecule has 0 aliphatic carbocycles. The molecule has 1 atom stereocenters. The Balaban J connectivity index is 2.06. The van der Waals surface area contributed by atoms with Gasteiger partial charge >= 0.3 is 0 Å². The molecule has 0 aliphatic heterocycles. The van der Waals surface area contributed by atoms with E-state index in [0.29, 0.717) is 6.42 Å². The van der Waals surface area contributed by atoms with Crippen LogP contribution in [-0.4, -0.2) is 9.55 Å². The van der Waals surface area contributed by atoms with Crippen LogP contribution in [0.25, 0.3) is 0 Å². The molecule has 2 heterocycles. The second-order valence-electron chi connectivity index (χ2n) is 4.51. The van der Waals surface area contributed by atoms with Crippen molar-refractivity contribution in [2.45, 2.75) is 45.7 Å². The van der Waals surface area contributed by atoms with Gasteiger partial charge in [0.25, 0.3) is 0 Å². The molecule has 2 rings (SSSR count). The molecule has 2 N–H and O–H groups in total. The molecule has 0 bridgehead atoms. The first kappa shape index (κ1) is 12.9. The van der Waals surface area contributed by atoms with E-state index in [1.54, 1.807) is 0 Å². The van der Waals surface area contributed by atoms with E-state index in [9.17, 15) is 0 Å². The third kappa shape index (κ3) is 2.82. The fraction of sp³-hybridized carbons (Fsp3) is 0.500. The van der Waals surface area contributed by atoms with Crippen molar-refractivity contribution in [3.63, 3.8) is 0 Å². The lowest BCUT2D eigenvalue weighted by atomic mass is 10.1. The first-order valence-corrected chi connectivity index (χ1v) is 6.58. The van der Waals surface area contributed by atoms with Crippen molar-refractivity contribution in [1.82, 2.24) is 9.55 Å². The number of imidazole rings is 1. The van der Waals surface area contributed by atoms with Crippen LogP contribution in [0.5, 0.6) is 0 Å². The second kappa shape index (κ2) is 5.87. The molecule has 1 unspecified atom stereocenters. The van der Waals surface area contributed by atoms with Gasteiger partial charge in [-0.15, -0.1) is 0 Å². The number of furan rings is 1. The number of hydrogen-bond acceptors (Lipinski definition) is 3. The molecule has 0 aliphatic rings. The van der Waals surface area contributed by atoms with Gasteiger partial charge in [-0.25, -0.2) is 4.98 Å². The van der Waals surface area contributed by atoms with Crippen LogP contribution >= 0.6 is 0 Å². The minimum atomic E-state index is -0.122. The van der Waals surface area contributed by atoms with Gasteiger partial charge in [0, 0.05) is 31.8 Å². The molecule has 4 nitrogen and oxygen atoms in total. The average molecular weight is 247 g/mol. The van der Waals surface area contributed by atoms with Crippen LogP contribution in [0, 0.1) is 0 Å². The molecular weight excluding hydrogens is 226 g/mol. The number of aromatic nitrogens is 2. The average Bonchev–Trinajstić information content (AvgIpc) is 2.99. The predicted octanol–water partition coefficient (Wildman–Crippen LogP) is 2.69. The molecule has 0 fully saturated rings. The SMILES string of the molecule is CCCn1ccnc1CC(N)c1ccc(CC)o1. The van der Waals surface area contributed by atoms with Gasteiger partial charge in [-0.3, -0.25) is 0 Å². The van der Waals surface area contributed by atoms with E-state index in [1.807, 2.05) is 24.5 Å². The molecule has 98 valence electrons. The monoisotopic (exact) mass is 247 g/mol. The fourth-order valence-electron chi connectivity index (χ4n) is 2.06. The van der Waals surface area contributed by atoms with Gasteiger partial charge in [-0.2, -0.15) is 0 Å². The molecule has 0 spiro atoms.